The molecular formula is C17H18ClF2N3. The minimum Gasteiger partial charge on any atom is -0.341 e. The zero-order valence-corrected chi connectivity index (χ0v) is 13.4. The highest BCUT2D eigenvalue weighted by Gasteiger charge is 2.18. The Morgan fingerprint density at radius 2 is 1.61 bits per heavy atom. The molecule has 0 amide bonds. The number of rotatable bonds is 3. The first-order chi connectivity index (χ1) is 11.1. The second-order valence-corrected chi connectivity index (χ2v) is 6.12. The summed E-state index contributed by atoms with van der Waals surface area (Å²) in [5.74, 6) is 0.398. The molecule has 1 fully saturated rings. The zero-order valence-electron chi connectivity index (χ0n) is 12.7. The molecular weight excluding hydrogens is 320 g/mol. The van der Waals surface area contributed by atoms with Gasteiger partial charge in [-0.15, -0.1) is 0 Å². The Labute approximate surface area is 139 Å². The predicted octanol–water partition coefficient (Wildman–Crippen LogP) is 5.12. The molecule has 2 heterocycles. The number of halogens is 3. The lowest BCUT2D eigenvalue weighted by Gasteiger charge is -2.21. The minimum atomic E-state index is -2.62. The van der Waals surface area contributed by atoms with E-state index in [1.807, 2.05) is 4.90 Å². The summed E-state index contributed by atoms with van der Waals surface area (Å²) < 4.78 is 26.4. The molecule has 0 aliphatic carbocycles. The molecule has 1 saturated heterocycles. The Morgan fingerprint density at radius 3 is 2.22 bits per heavy atom. The van der Waals surface area contributed by atoms with Crippen molar-refractivity contribution >= 4 is 17.5 Å². The standard InChI is InChI=1S/C17H18ClF2N3/c18-13-7-5-12(6-8-13)14-11-15(16(19)20)22-17(21-14)23-9-3-1-2-4-10-23/h5-8,11,16H,1-4,9-10H2. The van der Waals surface area contributed by atoms with Crippen LogP contribution in [0.3, 0.4) is 0 Å². The van der Waals surface area contributed by atoms with Gasteiger partial charge >= 0.3 is 0 Å². The molecule has 0 saturated carbocycles. The SMILES string of the molecule is FC(F)c1cc(-c2ccc(Cl)cc2)nc(N2CCCCCC2)n1. The molecule has 0 bridgehead atoms. The van der Waals surface area contributed by atoms with Gasteiger partial charge in [0.2, 0.25) is 5.95 Å². The van der Waals surface area contributed by atoms with Crippen molar-refractivity contribution < 1.29 is 8.78 Å². The van der Waals surface area contributed by atoms with Gasteiger partial charge in [-0.3, -0.25) is 0 Å². The highest BCUT2D eigenvalue weighted by atomic mass is 35.5. The Morgan fingerprint density at radius 1 is 0.957 bits per heavy atom. The summed E-state index contributed by atoms with van der Waals surface area (Å²) in [6, 6.07) is 8.38. The monoisotopic (exact) mass is 337 g/mol. The van der Waals surface area contributed by atoms with Crippen LogP contribution in [-0.2, 0) is 0 Å². The van der Waals surface area contributed by atoms with Gasteiger partial charge in [-0.2, -0.15) is 0 Å². The number of aromatic nitrogens is 2. The summed E-state index contributed by atoms with van der Waals surface area (Å²) in [6.45, 7) is 1.62. The molecule has 6 heteroatoms. The average molecular weight is 338 g/mol. The van der Waals surface area contributed by atoms with Crippen molar-refractivity contribution in [2.45, 2.75) is 32.1 Å². The minimum absolute atomic E-state index is 0.232. The molecule has 122 valence electrons. The number of nitrogens with zero attached hydrogens (tertiary/aromatic N) is 3. The van der Waals surface area contributed by atoms with Gasteiger partial charge in [0.1, 0.15) is 5.69 Å². The Bertz CT molecular complexity index is 653. The van der Waals surface area contributed by atoms with E-state index in [1.54, 1.807) is 24.3 Å². The van der Waals surface area contributed by atoms with E-state index in [0.717, 1.165) is 44.3 Å². The quantitative estimate of drug-likeness (QED) is 0.778. The van der Waals surface area contributed by atoms with Crippen LogP contribution in [0.15, 0.2) is 30.3 Å². The van der Waals surface area contributed by atoms with E-state index in [-0.39, 0.29) is 5.69 Å². The largest absolute Gasteiger partial charge is 0.341 e. The van der Waals surface area contributed by atoms with Gasteiger partial charge in [0.25, 0.3) is 6.43 Å². The molecule has 1 aromatic carbocycles. The van der Waals surface area contributed by atoms with Crippen LogP contribution in [0, 0.1) is 0 Å². The van der Waals surface area contributed by atoms with Crippen molar-refractivity contribution in [3.63, 3.8) is 0 Å². The third kappa shape index (κ3) is 3.96. The van der Waals surface area contributed by atoms with Crippen LogP contribution >= 0.6 is 11.6 Å². The lowest BCUT2D eigenvalue weighted by atomic mass is 10.1. The van der Waals surface area contributed by atoms with Crippen LogP contribution in [0.25, 0.3) is 11.3 Å². The third-order valence-corrected chi connectivity index (χ3v) is 4.24. The number of hydrogen-bond acceptors (Lipinski definition) is 3. The maximum Gasteiger partial charge on any atom is 0.280 e. The maximum absolute atomic E-state index is 13.2. The first kappa shape index (κ1) is 16.1. The Hall–Kier alpha value is -1.75. The molecule has 3 rings (SSSR count). The summed E-state index contributed by atoms with van der Waals surface area (Å²) in [5, 5.41) is 0.602. The molecule has 0 atom stereocenters. The van der Waals surface area contributed by atoms with E-state index in [2.05, 4.69) is 9.97 Å². The highest BCUT2D eigenvalue weighted by molar-refractivity contribution is 6.30. The second-order valence-electron chi connectivity index (χ2n) is 5.69. The van der Waals surface area contributed by atoms with Gasteiger partial charge in [-0.1, -0.05) is 36.6 Å². The first-order valence-corrected chi connectivity index (χ1v) is 8.19. The summed E-state index contributed by atoms with van der Waals surface area (Å²) in [7, 11) is 0. The zero-order chi connectivity index (χ0) is 16.2. The Balaban J connectivity index is 2.00. The molecule has 1 aromatic heterocycles. The van der Waals surface area contributed by atoms with Gasteiger partial charge < -0.3 is 4.90 Å². The number of anilines is 1. The molecule has 1 aliphatic heterocycles. The molecule has 0 radical (unpaired) electrons. The van der Waals surface area contributed by atoms with E-state index in [9.17, 15) is 8.78 Å². The molecule has 2 aromatic rings. The van der Waals surface area contributed by atoms with Gasteiger partial charge in [-0.25, -0.2) is 18.7 Å². The topological polar surface area (TPSA) is 29.0 Å². The van der Waals surface area contributed by atoms with E-state index < -0.39 is 6.43 Å². The van der Waals surface area contributed by atoms with Gasteiger partial charge in [0, 0.05) is 23.7 Å². The third-order valence-electron chi connectivity index (χ3n) is 3.99. The van der Waals surface area contributed by atoms with Crippen molar-refractivity contribution in [3.8, 4) is 11.3 Å². The van der Waals surface area contributed by atoms with Crippen LogP contribution in [0.2, 0.25) is 5.02 Å². The fourth-order valence-electron chi connectivity index (χ4n) is 2.75. The molecule has 0 N–H and O–H groups in total. The van der Waals surface area contributed by atoms with E-state index >= 15 is 0 Å². The molecule has 23 heavy (non-hydrogen) atoms. The van der Waals surface area contributed by atoms with Gasteiger partial charge in [-0.05, 0) is 31.0 Å². The Kier molecular flexibility index (Phi) is 5.06. The summed E-state index contributed by atoms with van der Waals surface area (Å²) in [4.78, 5) is 10.6. The molecule has 0 spiro atoms. The summed E-state index contributed by atoms with van der Waals surface area (Å²) in [5.41, 5.74) is 1.03. The van der Waals surface area contributed by atoms with Crippen LogP contribution < -0.4 is 4.90 Å². The van der Waals surface area contributed by atoms with Crippen molar-refractivity contribution in [1.82, 2.24) is 9.97 Å². The lowest BCUT2D eigenvalue weighted by molar-refractivity contribution is 0.146. The van der Waals surface area contributed by atoms with E-state index in [4.69, 9.17) is 11.6 Å². The van der Waals surface area contributed by atoms with Gasteiger partial charge in [0.05, 0.1) is 5.69 Å². The van der Waals surface area contributed by atoms with Crippen molar-refractivity contribution in [2.75, 3.05) is 18.0 Å². The van der Waals surface area contributed by atoms with Crippen molar-refractivity contribution in [3.05, 3.63) is 41.0 Å². The molecule has 1 aliphatic rings. The van der Waals surface area contributed by atoms with E-state index in [0.29, 0.717) is 16.7 Å². The fraction of sp³-hybridized carbons (Fsp3) is 0.412. The number of alkyl halides is 2. The smallest absolute Gasteiger partial charge is 0.280 e. The number of benzene rings is 1. The molecule has 3 nitrogen and oxygen atoms in total. The van der Waals surface area contributed by atoms with Crippen molar-refractivity contribution in [2.24, 2.45) is 0 Å². The summed E-state index contributed by atoms with van der Waals surface area (Å²) in [6.07, 6.45) is 1.79. The highest BCUT2D eigenvalue weighted by Crippen LogP contribution is 2.27. The predicted molar refractivity (Wildman–Crippen MR) is 88.1 cm³/mol. The van der Waals surface area contributed by atoms with E-state index in [1.165, 1.54) is 6.07 Å². The van der Waals surface area contributed by atoms with Crippen LogP contribution in [0.4, 0.5) is 14.7 Å². The fourth-order valence-corrected chi connectivity index (χ4v) is 2.87. The van der Waals surface area contributed by atoms with Crippen molar-refractivity contribution in [1.29, 1.82) is 0 Å². The van der Waals surface area contributed by atoms with Crippen LogP contribution in [-0.4, -0.2) is 23.1 Å². The molecule has 0 unspecified atom stereocenters. The second kappa shape index (κ2) is 7.21. The normalized spacial score (nSPS) is 15.7. The summed E-state index contributed by atoms with van der Waals surface area (Å²) >= 11 is 5.89. The lowest BCUT2D eigenvalue weighted by Crippen LogP contribution is -2.26. The first-order valence-electron chi connectivity index (χ1n) is 7.81. The van der Waals surface area contributed by atoms with Crippen LogP contribution in [0.1, 0.15) is 37.8 Å². The van der Waals surface area contributed by atoms with Gasteiger partial charge in [0.15, 0.2) is 0 Å². The number of hydrogen-bond donors (Lipinski definition) is 0. The van der Waals surface area contributed by atoms with Crippen LogP contribution in [0.5, 0.6) is 0 Å². The average Bonchev–Trinajstić information content (AvgIpc) is 2.84. The maximum atomic E-state index is 13.2.